The molecule has 5 heteroatoms. The Kier molecular flexibility index (Phi) is 5.17. The van der Waals surface area contributed by atoms with Crippen molar-refractivity contribution in [3.63, 3.8) is 0 Å². The lowest BCUT2D eigenvalue weighted by molar-refractivity contribution is 0.0571. The number of nitrogens with one attached hydrogen (secondary N) is 1. The number of piperazine rings is 1. The zero-order chi connectivity index (χ0) is 15.4. The largest absolute Gasteiger partial charge is 0.497 e. The Bertz CT molecular complexity index is 507. The van der Waals surface area contributed by atoms with E-state index in [9.17, 15) is 9.18 Å². The molecule has 116 valence electrons. The molecule has 21 heavy (non-hydrogen) atoms. The highest BCUT2D eigenvalue weighted by Crippen LogP contribution is 2.21. The Morgan fingerprint density at radius 1 is 1.43 bits per heavy atom. The summed E-state index contributed by atoms with van der Waals surface area (Å²) in [5, 5.41) is 3.43. The van der Waals surface area contributed by atoms with Crippen LogP contribution in [0.5, 0.6) is 5.75 Å². The SMILES string of the molecule is CCC1CN(C(=O)c2ccc(OC)cc2F)C(CC)CN1. The van der Waals surface area contributed by atoms with E-state index in [1.807, 2.05) is 6.92 Å². The van der Waals surface area contributed by atoms with Gasteiger partial charge < -0.3 is 15.0 Å². The number of hydrogen-bond donors (Lipinski definition) is 1. The van der Waals surface area contributed by atoms with Crippen LogP contribution < -0.4 is 10.1 Å². The van der Waals surface area contributed by atoms with Crippen LogP contribution in [0.3, 0.4) is 0 Å². The number of ether oxygens (including phenoxy) is 1. The molecule has 1 saturated heterocycles. The lowest BCUT2D eigenvalue weighted by Crippen LogP contribution is -2.58. The second-order valence-corrected chi connectivity index (χ2v) is 5.38. The number of nitrogens with zero attached hydrogens (tertiary/aromatic N) is 1. The summed E-state index contributed by atoms with van der Waals surface area (Å²) >= 11 is 0. The van der Waals surface area contributed by atoms with Gasteiger partial charge in [0.15, 0.2) is 0 Å². The number of amides is 1. The Balaban J connectivity index is 2.23. The first-order chi connectivity index (χ1) is 10.1. The van der Waals surface area contributed by atoms with Gasteiger partial charge in [-0.3, -0.25) is 4.79 Å². The monoisotopic (exact) mass is 294 g/mol. The fraction of sp³-hybridized carbons (Fsp3) is 0.562. The maximum Gasteiger partial charge on any atom is 0.257 e. The fourth-order valence-corrected chi connectivity index (χ4v) is 2.70. The molecule has 1 aromatic carbocycles. The Hall–Kier alpha value is -1.62. The fourth-order valence-electron chi connectivity index (χ4n) is 2.70. The van der Waals surface area contributed by atoms with Crippen LogP contribution in [0, 0.1) is 5.82 Å². The molecule has 1 amide bonds. The molecule has 0 aromatic heterocycles. The van der Waals surface area contributed by atoms with Crippen molar-refractivity contribution in [3.8, 4) is 5.75 Å². The smallest absolute Gasteiger partial charge is 0.257 e. The lowest BCUT2D eigenvalue weighted by atomic mass is 10.0. The van der Waals surface area contributed by atoms with Crippen molar-refractivity contribution in [1.29, 1.82) is 0 Å². The highest BCUT2D eigenvalue weighted by atomic mass is 19.1. The quantitative estimate of drug-likeness (QED) is 0.927. The maximum absolute atomic E-state index is 14.1. The second kappa shape index (κ2) is 6.89. The van der Waals surface area contributed by atoms with E-state index in [-0.39, 0.29) is 23.6 Å². The molecule has 2 rings (SSSR count). The van der Waals surface area contributed by atoms with Gasteiger partial charge in [0.1, 0.15) is 11.6 Å². The van der Waals surface area contributed by atoms with E-state index < -0.39 is 5.82 Å². The van der Waals surface area contributed by atoms with Crippen LogP contribution in [0.15, 0.2) is 18.2 Å². The maximum atomic E-state index is 14.1. The molecular formula is C16H23FN2O2. The number of carbonyl (C=O) groups excluding carboxylic acids is 1. The Morgan fingerprint density at radius 3 is 2.76 bits per heavy atom. The molecule has 0 radical (unpaired) electrons. The van der Waals surface area contributed by atoms with Gasteiger partial charge in [0, 0.05) is 31.2 Å². The zero-order valence-corrected chi connectivity index (χ0v) is 12.9. The summed E-state index contributed by atoms with van der Waals surface area (Å²) < 4.78 is 19.1. The summed E-state index contributed by atoms with van der Waals surface area (Å²) in [5.41, 5.74) is 0.117. The molecule has 1 heterocycles. The highest BCUT2D eigenvalue weighted by Gasteiger charge is 2.31. The number of benzene rings is 1. The topological polar surface area (TPSA) is 41.6 Å². The Morgan fingerprint density at radius 2 is 2.19 bits per heavy atom. The molecule has 0 bridgehead atoms. The van der Waals surface area contributed by atoms with E-state index in [1.54, 1.807) is 11.0 Å². The van der Waals surface area contributed by atoms with Crippen LogP contribution in [-0.2, 0) is 0 Å². The minimum Gasteiger partial charge on any atom is -0.497 e. The van der Waals surface area contributed by atoms with Gasteiger partial charge in [-0.2, -0.15) is 0 Å². The van der Waals surface area contributed by atoms with Gasteiger partial charge >= 0.3 is 0 Å². The summed E-state index contributed by atoms with van der Waals surface area (Å²) in [6, 6.07) is 4.77. The predicted octanol–water partition coefficient (Wildman–Crippen LogP) is 2.44. The van der Waals surface area contributed by atoms with Crippen molar-refractivity contribution in [2.45, 2.75) is 38.8 Å². The van der Waals surface area contributed by atoms with Crippen LogP contribution in [0.4, 0.5) is 4.39 Å². The minimum absolute atomic E-state index is 0.113. The van der Waals surface area contributed by atoms with Crippen LogP contribution in [0.2, 0.25) is 0 Å². The Labute approximate surface area is 125 Å². The molecule has 0 aliphatic carbocycles. The van der Waals surface area contributed by atoms with Gasteiger partial charge in [0.25, 0.3) is 5.91 Å². The molecule has 4 nitrogen and oxygen atoms in total. The summed E-state index contributed by atoms with van der Waals surface area (Å²) in [6.07, 6.45) is 1.80. The van der Waals surface area contributed by atoms with E-state index in [4.69, 9.17) is 4.74 Å². The van der Waals surface area contributed by atoms with Crippen LogP contribution in [0.25, 0.3) is 0 Å². The van der Waals surface area contributed by atoms with Gasteiger partial charge in [0.2, 0.25) is 0 Å². The molecule has 0 spiro atoms. The van der Waals surface area contributed by atoms with E-state index in [2.05, 4.69) is 12.2 Å². The minimum atomic E-state index is -0.527. The molecule has 1 N–H and O–H groups in total. The van der Waals surface area contributed by atoms with Crippen LogP contribution in [-0.4, -0.2) is 43.1 Å². The lowest BCUT2D eigenvalue weighted by Gasteiger charge is -2.40. The third-order valence-electron chi connectivity index (χ3n) is 4.13. The molecule has 0 saturated carbocycles. The van der Waals surface area contributed by atoms with Crippen molar-refractivity contribution in [2.75, 3.05) is 20.2 Å². The van der Waals surface area contributed by atoms with E-state index in [0.717, 1.165) is 19.4 Å². The van der Waals surface area contributed by atoms with Crippen LogP contribution in [0.1, 0.15) is 37.0 Å². The number of methoxy groups -OCH3 is 1. The third kappa shape index (κ3) is 3.35. The molecule has 1 aliphatic heterocycles. The van der Waals surface area contributed by atoms with E-state index in [0.29, 0.717) is 12.3 Å². The van der Waals surface area contributed by atoms with Crippen molar-refractivity contribution in [3.05, 3.63) is 29.6 Å². The average molecular weight is 294 g/mol. The number of rotatable bonds is 4. The average Bonchev–Trinajstić information content (AvgIpc) is 2.53. The first kappa shape index (κ1) is 15.8. The van der Waals surface area contributed by atoms with Gasteiger partial charge in [-0.15, -0.1) is 0 Å². The molecule has 1 aromatic rings. The summed E-state index contributed by atoms with van der Waals surface area (Å²) in [5.74, 6) is -0.342. The van der Waals surface area contributed by atoms with Crippen molar-refractivity contribution < 1.29 is 13.9 Å². The van der Waals surface area contributed by atoms with Crippen molar-refractivity contribution in [2.24, 2.45) is 0 Å². The van der Waals surface area contributed by atoms with Crippen LogP contribution >= 0.6 is 0 Å². The predicted molar refractivity (Wildman–Crippen MR) is 80.1 cm³/mol. The van der Waals surface area contributed by atoms with E-state index >= 15 is 0 Å². The highest BCUT2D eigenvalue weighted by molar-refractivity contribution is 5.95. The molecule has 1 aliphatic rings. The first-order valence-corrected chi connectivity index (χ1v) is 7.48. The zero-order valence-electron chi connectivity index (χ0n) is 12.9. The van der Waals surface area contributed by atoms with Crippen molar-refractivity contribution >= 4 is 5.91 Å². The van der Waals surface area contributed by atoms with Gasteiger partial charge in [-0.25, -0.2) is 4.39 Å². The normalized spacial score (nSPS) is 22.2. The van der Waals surface area contributed by atoms with E-state index in [1.165, 1.54) is 19.2 Å². The van der Waals surface area contributed by atoms with Gasteiger partial charge in [0.05, 0.1) is 12.7 Å². The van der Waals surface area contributed by atoms with Gasteiger partial charge in [-0.05, 0) is 25.0 Å². The standard InChI is InChI=1S/C16H23FN2O2/c1-4-11-10-19(12(5-2)9-18-11)16(20)14-7-6-13(21-3)8-15(14)17/h6-8,11-12,18H,4-5,9-10H2,1-3H3. The molecule has 2 atom stereocenters. The summed E-state index contributed by atoms with van der Waals surface area (Å²) in [7, 11) is 1.48. The second-order valence-electron chi connectivity index (χ2n) is 5.38. The molecular weight excluding hydrogens is 271 g/mol. The third-order valence-corrected chi connectivity index (χ3v) is 4.13. The molecule has 1 fully saturated rings. The van der Waals surface area contributed by atoms with Gasteiger partial charge in [-0.1, -0.05) is 13.8 Å². The molecule has 2 unspecified atom stereocenters. The summed E-state index contributed by atoms with van der Waals surface area (Å²) in [4.78, 5) is 14.5. The number of halogens is 1. The number of hydrogen-bond acceptors (Lipinski definition) is 3. The van der Waals surface area contributed by atoms with Crippen molar-refractivity contribution in [1.82, 2.24) is 10.2 Å². The summed E-state index contributed by atoms with van der Waals surface area (Å²) in [6.45, 7) is 5.52. The first-order valence-electron chi connectivity index (χ1n) is 7.48. The number of carbonyl (C=O) groups is 1.